The summed E-state index contributed by atoms with van der Waals surface area (Å²) in [5.41, 5.74) is 5.84. The molecule has 248 valence electrons. The van der Waals surface area contributed by atoms with Gasteiger partial charge in [0.05, 0.1) is 0 Å². The van der Waals surface area contributed by atoms with Crippen molar-refractivity contribution in [1.82, 2.24) is 29.8 Å². The van der Waals surface area contributed by atoms with E-state index in [2.05, 4.69) is 53.4 Å². The monoisotopic (exact) mass is 678 g/mol. The number of aryl methyl sites for hydroxylation is 1. The maximum atomic E-state index is 12.1. The molecule has 2 heterocycles. The summed E-state index contributed by atoms with van der Waals surface area (Å²) < 4.78 is 1.71. The fraction of sp³-hybridized carbons (Fsp3) is 0.146. The lowest BCUT2D eigenvalue weighted by Crippen LogP contribution is -2.39. The minimum atomic E-state index is -1.09. The fourth-order valence-electron chi connectivity index (χ4n) is 6.62. The van der Waals surface area contributed by atoms with Gasteiger partial charge in [-0.25, -0.2) is 9.78 Å². The number of tetrazole rings is 1. The Kier molecular flexibility index (Phi) is 9.36. The number of benzene rings is 5. The number of nitrogens with zero attached hydrogens (tertiary/aromatic N) is 6. The van der Waals surface area contributed by atoms with Gasteiger partial charge in [-0.3, -0.25) is 0 Å². The second-order valence-electron chi connectivity index (χ2n) is 12.1. The summed E-state index contributed by atoms with van der Waals surface area (Å²) in [6.45, 7) is 2.44. The van der Waals surface area contributed by atoms with Crippen LogP contribution in [-0.4, -0.2) is 40.8 Å². The van der Waals surface area contributed by atoms with Crippen molar-refractivity contribution < 1.29 is 9.90 Å². The van der Waals surface area contributed by atoms with Gasteiger partial charge in [-0.15, -0.1) is 15.0 Å². The van der Waals surface area contributed by atoms with Crippen molar-refractivity contribution in [3.8, 4) is 22.5 Å². The minimum Gasteiger partial charge on any atom is -0.476 e. The molecular weight excluding hydrogens is 644 g/mol. The summed E-state index contributed by atoms with van der Waals surface area (Å²) in [6, 6.07) is 46.9. The summed E-state index contributed by atoms with van der Waals surface area (Å²) in [6.07, 6.45) is 2.52. The molecule has 0 saturated carbocycles. The maximum absolute atomic E-state index is 12.1. The Hall–Kier alpha value is -5.86. The summed E-state index contributed by atoms with van der Waals surface area (Å²) in [5, 5.41) is 24.4. The van der Waals surface area contributed by atoms with Gasteiger partial charge < -0.3 is 9.67 Å². The van der Waals surface area contributed by atoms with E-state index < -0.39 is 11.5 Å². The number of unbranched alkanes of at least 4 members (excludes halogenated alkanes) is 1. The lowest BCUT2D eigenvalue weighted by atomic mass is 9.77. The SMILES string of the molecule is CCCCc1nc(Cl)c(C(=O)O)n1Cc1ccc(-c2ccccc2-c2nnn(C(c3ccccc3)(c3ccccc3)c3ccccc3)n2)cc1. The summed E-state index contributed by atoms with van der Waals surface area (Å²) in [5.74, 6) is 0.0825. The number of imidazole rings is 1. The summed E-state index contributed by atoms with van der Waals surface area (Å²) in [7, 11) is 0. The van der Waals surface area contributed by atoms with E-state index in [-0.39, 0.29) is 10.8 Å². The maximum Gasteiger partial charge on any atom is 0.355 e. The Bertz CT molecular complexity index is 2120. The number of hydrogen-bond acceptors (Lipinski definition) is 5. The van der Waals surface area contributed by atoms with Crippen LogP contribution in [0, 0.1) is 0 Å². The van der Waals surface area contributed by atoms with Crippen LogP contribution in [0.25, 0.3) is 22.5 Å². The lowest BCUT2D eigenvalue weighted by molar-refractivity contribution is 0.0685. The molecule has 0 aliphatic carbocycles. The molecule has 5 aromatic carbocycles. The molecule has 1 N–H and O–H groups in total. The third kappa shape index (κ3) is 6.10. The van der Waals surface area contributed by atoms with Crippen molar-refractivity contribution in [1.29, 1.82) is 0 Å². The van der Waals surface area contributed by atoms with Gasteiger partial charge in [0.25, 0.3) is 0 Å². The molecule has 0 atom stereocenters. The number of aromatic carboxylic acids is 1. The molecular formula is C41H35ClN6O2. The Morgan fingerprint density at radius 3 is 1.82 bits per heavy atom. The molecule has 0 bridgehead atoms. The number of carboxylic acids is 1. The van der Waals surface area contributed by atoms with Crippen molar-refractivity contribution in [3.05, 3.63) is 178 Å². The van der Waals surface area contributed by atoms with Gasteiger partial charge in [-0.05, 0) is 45.0 Å². The van der Waals surface area contributed by atoms with E-state index in [4.69, 9.17) is 21.9 Å². The van der Waals surface area contributed by atoms with E-state index in [1.165, 1.54) is 0 Å². The standard InChI is InChI=1S/C41H35ClN6O2/c1-2-3-23-36-43-38(42)37(40(49)50)47(36)28-29-24-26-30(27-25-29)34-21-13-14-22-35(34)39-44-46-48(45-39)41(31-15-7-4-8-16-31,32-17-9-5-10-18-32)33-19-11-6-12-20-33/h4-22,24-27H,2-3,23,28H2,1H3,(H,49,50). The molecule has 0 saturated heterocycles. The van der Waals surface area contributed by atoms with Gasteiger partial charge in [0.2, 0.25) is 5.82 Å². The van der Waals surface area contributed by atoms with E-state index in [1.807, 2.05) is 103 Å². The first-order valence-corrected chi connectivity index (χ1v) is 17.0. The third-order valence-corrected chi connectivity index (χ3v) is 9.29. The molecule has 2 aromatic heterocycles. The minimum absolute atomic E-state index is 0.0129. The van der Waals surface area contributed by atoms with Crippen LogP contribution in [0.5, 0.6) is 0 Å². The van der Waals surface area contributed by atoms with Crippen LogP contribution in [0.1, 0.15) is 58.3 Å². The lowest BCUT2D eigenvalue weighted by Gasteiger charge is -2.34. The van der Waals surface area contributed by atoms with Gasteiger partial charge in [-0.2, -0.15) is 0 Å². The van der Waals surface area contributed by atoms with Crippen molar-refractivity contribution in [3.63, 3.8) is 0 Å². The predicted octanol–water partition coefficient (Wildman–Crippen LogP) is 8.79. The Balaban J connectivity index is 1.28. The molecule has 50 heavy (non-hydrogen) atoms. The highest BCUT2D eigenvalue weighted by Crippen LogP contribution is 2.40. The van der Waals surface area contributed by atoms with Gasteiger partial charge in [0.1, 0.15) is 5.82 Å². The molecule has 0 aliphatic rings. The Morgan fingerprint density at radius 1 is 0.740 bits per heavy atom. The van der Waals surface area contributed by atoms with Crippen molar-refractivity contribution in [2.24, 2.45) is 0 Å². The molecule has 7 rings (SSSR count). The van der Waals surface area contributed by atoms with E-state index in [0.29, 0.717) is 24.6 Å². The topological polar surface area (TPSA) is 98.7 Å². The summed E-state index contributed by atoms with van der Waals surface area (Å²) >= 11 is 6.27. The van der Waals surface area contributed by atoms with Crippen molar-refractivity contribution in [2.45, 2.75) is 38.3 Å². The quantitative estimate of drug-likeness (QED) is 0.130. The largest absolute Gasteiger partial charge is 0.476 e. The first-order chi connectivity index (χ1) is 24.5. The van der Waals surface area contributed by atoms with Crippen LogP contribution in [-0.2, 0) is 18.5 Å². The van der Waals surface area contributed by atoms with Crippen molar-refractivity contribution >= 4 is 17.6 Å². The second kappa shape index (κ2) is 14.3. The van der Waals surface area contributed by atoms with Crippen LogP contribution in [0.15, 0.2) is 140 Å². The summed E-state index contributed by atoms with van der Waals surface area (Å²) in [4.78, 5) is 18.2. The van der Waals surface area contributed by atoms with Crippen molar-refractivity contribution in [2.75, 3.05) is 0 Å². The second-order valence-corrected chi connectivity index (χ2v) is 12.5. The molecule has 0 amide bonds. The van der Waals surface area contributed by atoms with E-state index >= 15 is 0 Å². The smallest absolute Gasteiger partial charge is 0.355 e. The average molecular weight is 679 g/mol. The molecule has 0 unspecified atom stereocenters. The Labute approximate surface area is 295 Å². The van der Waals surface area contributed by atoms with E-state index in [9.17, 15) is 9.90 Å². The molecule has 0 spiro atoms. The highest BCUT2D eigenvalue weighted by atomic mass is 35.5. The molecule has 9 heteroatoms. The first-order valence-electron chi connectivity index (χ1n) is 16.6. The molecule has 0 fully saturated rings. The van der Waals surface area contributed by atoms with E-state index in [1.54, 1.807) is 9.36 Å². The predicted molar refractivity (Wildman–Crippen MR) is 195 cm³/mol. The number of halogens is 1. The number of carbonyl (C=O) groups is 1. The van der Waals surface area contributed by atoms with Crippen LogP contribution >= 0.6 is 11.6 Å². The zero-order chi connectivity index (χ0) is 34.5. The molecule has 7 aromatic rings. The number of hydrogen-bond donors (Lipinski definition) is 1. The normalized spacial score (nSPS) is 11.5. The zero-order valence-corrected chi connectivity index (χ0v) is 28.3. The van der Waals surface area contributed by atoms with Crippen LogP contribution in [0.3, 0.4) is 0 Å². The number of rotatable bonds is 12. The van der Waals surface area contributed by atoms with Gasteiger partial charge in [0, 0.05) is 18.5 Å². The molecule has 8 nitrogen and oxygen atoms in total. The average Bonchev–Trinajstić information content (AvgIpc) is 3.77. The highest BCUT2D eigenvalue weighted by molar-refractivity contribution is 6.32. The molecule has 0 radical (unpaired) electrons. The van der Waals surface area contributed by atoms with Crippen LogP contribution in [0.2, 0.25) is 5.15 Å². The van der Waals surface area contributed by atoms with Gasteiger partial charge in [0.15, 0.2) is 16.4 Å². The highest BCUT2D eigenvalue weighted by Gasteiger charge is 2.41. The van der Waals surface area contributed by atoms with E-state index in [0.717, 1.165) is 51.8 Å². The fourth-order valence-corrected chi connectivity index (χ4v) is 6.90. The zero-order valence-electron chi connectivity index (χ0n) is 27.5. The third-order valence-electron chi connectivity index (χ3n) is 9.02. The van der Waals surface area contributed by atoms with Crippen LogP contribution < -0.4 is 0 Å². The number of carboxylic acid groups (broad SMARTS) is 1. The van der Waals surface area contributed by atoms with Crippen LogP contribution in [0.4, 0.5) is 0 Å². The van der Waals surface area contributed by atoms with Gasteiger partial charge in [-0.1, -0.05) is 164 Å². The number of aromatic nitrogens is 6. The molecule has 0 aliphatic heterocycles. The van der Waals surface area contributed by atoms with Gasteiger partial charge >= 0.3 is 5.97 Å². The first kappa shape index (κ1) is 32.7. The Morgan fingerprint density at radius 2 is 1.28 bits per heavy atom.